The molecule has 0 unspecified atom stereocenters. The molecule has 3 aromatic heterocycles. The second-order valence-corrected chi connectivity index (χ2v) is 10.8. The number of amides is 1. The van der Waals surface area contributed by atoms with Crippen LogP contribution in [0.4, 0.5) is 5.69 Å². The highest BCUT2D eigenvalue weighted by molar-refractivity contribution is 7.21. The minimum Gasteiger partial charge on any atom is -0.418 e. The molecule has 0 aliphatic carbocycles. The Morgan fingerprint density at radius 2 is 2.11 bits per heavy atom. The van der Waals surface area contributed by atoms with Crippen LogP contribution < -0.4 is 15.4 Å². The summed E-state index contributed by atoms with van der Waals surface area (Å²) < 4.78 is 7.09. The van der Waals surface area contributed by atoms with Gasteiger partial charge in [0.15, 0.2) is 0 Å². The zero-order valence-corrected chi connectivity index (χ0v) is 21.2. The van der Waals surface area contributed by atoms with Gasteiger partial charge in [-0.25, -0.2) is 15.0 Å². The monoisotopic (exact) mass is 509 g/mol. The normalized spacial score (nSPS) is 17.4. The molecule has 0 fully saturated rings. The molecule has 5 heterocycles. The molecule has 0 bridgehead atoms. The van der Waals surface area contributed by atoms with Crippen LogP contribution in [-0.4, -0.2) is 55.9 Å². The zero-order chi connectivity index (χ0) is 24.3. The number of hydrogen-bond acceptors (Lipinski definition) is 9. The SMILES string of the molecule is CCN1CCc2nc(Cl)nc(Oc3cnc4c(ccc5sc6c(c54)NCC(C)(C)NC6=O)n3)c2C1. The highest BCUT2D eigenvalue weighted by Gasteiger charge is 2.30. The molecule has 0 spiro atoms. The molecule has 1 amide bonds. The lowest BCUT2D eigenvalue weighted by atomic mass is 10.1. The second-order valence-electron chi connectivity index (χ2n) is 9.46. The number of fused-ring (bicyclic) bond motifs is 6. The summed E-state index contributed by atoms with van der Waals surface area (Å²) in [5.41, 5.74) is 3.68. The van der Waals surface area contributed by atoms with Crippen molar-refractivity contribution in [1.82, 2.24) is 30.2 Å². The Bertz CT molecular complexity index is 1500. The Kier molecular flexibility index (Phi) is 5.28. The average molecular weight is 510 g/mol. The second kappa shape index (κ2) is 8.25. The Balaban J connectivity index is 1.41. The van der Waals surface area contributed by atoms with Gasteiger partial charge >= 0.3 is 0 Å². The van der Waals surface area contributed by atoms with E-state index in [1.54, 1.807) is 6.20 Å². The van der Waals surface area contributed by atoms with Crippen molar-refractivity contribution in [2.45, 2.75) is 39.3 Å². The molecule has 2 N–H and O–H groups in total. The van der Waals surface area contributed by atoms with E-state index in [4.69, 9.17) is 26.3 Å². The quantitative estimate of drug-likeness (QED) is 0.392. The van der Waals surface area contributed by atoms with Gasteiger partial charge in [-0.05, 0) is 44.1 Å². The predicted molar refractivity (Wildman–Crippen MR) is 137 cm³/mol. The lowest BCUT2D eigenvalue weighted by Crippen LogP contribution is -2.46. The number of likely N-dealkylation sites (N-methyl/N-ethyl adjacent to an activating group) is 1. The summed E-state index contributed by atoms with van der Waals surface area (Å²) in [5, 5.41) is 7.60. The number of ether oxygens (including phenoxy) is 1. The standard InChI is InChI=1S/C24H24ClN7O2S/c1-4-32-8-7-13-12(10-32)22(30-23(25)29-13)34-16-9-26-18-14(28-16)5-6-15-17(18)19-20(35-15)21(33)31-24(2,3)11-27-19/h5-6,9,27H,4,7-8,10-11H2,1-3H3,(H,31,33). The number of thiophene rings is 1. The van der Waals surface area contributed by atoms with Crippen LogP contribution >= 0.6 is 22.9 Å². The highest BCUT2D eigenvalue weighted by Crippen LogP contribution is 2.41. The molecule has 0 saturated carbocycles. The highest BCUT2D eigenvalue weighted by atomic mass is 35.5. The molecule has 0 radical (unpaired) electrons. The van der Waals surface area contributed by atoms with Crippen LogP contribution in [0.15, 0.2) is 18.3 Å². The van der Waals surface area contributed by atoms with Gasteiger partial charge in [-0.15, -0.1) is 11.3 Å². The van der Waals surface area contributed by atoms with E-state index in [0.717, 1.165) is 46.5 Å². The average Bonchev–Trinajstić information content (AvgIpc) is 3.16. The van der Waals surface area contributed by atoms with Gasteiger partial charge in [-0.1, -0.05) is 6.92 Å². The van der Waals surface area contributed by atoms with Crippen LogP contribution in [-0.2, 0) is 13.0 Å². The van der Waals surface area contributed by atoms with Crippen molar-refractivity contribution in [2.24, 2.45) is 0 Å². The Morgan fingerprint density at radius 1 is 1.26 bits per heavy atom. The largest absolute Gasteiger partial charge is 0.418 e. The third-order valence-electron chi connectivity index (χ3n) is 6.43. The molecular formula is C24H24ClN7O2S. The van der Waals surface area contributed by atoms with E-state index in [0.29, 0.717) is 40.8 Å². The molecule has 1 aromatic carbocycles. The van der Waals surface area contributed by atoms with Crippen molar-refractivity contribution in [1.29, 1.82) is 0 Å². The molecule has 4 aromatic rings. The number of halogens is 1. The fourth-order valence-electron chi connectivity index (χ4n) is 4.61. The first-order valence-electron chi connectivity index (χ1n) is 11.6. The Hall–Kier alpha value is -3.08. The molecule has 0 atom stereocenters. The van der Waals surface area contributed by atoms with E-state index >= 15 is 0 Å². The molecular weight excluding hydrogens is 486 g/mol. The first-order valence-corrected chi connectivity index (χ1v) is 12.7. The van der Waals surface area contributed by atoms with Gasteiger partial charge in [-0.3, -0.25) is 9.69 Å². The van der Waals surface area contributed by atoms with Crippen molar-refractivity contribution in [3.8, 4) is 11.8 Å². The summed E-state index contributed by atoms with van der Waals surface area (Å²) in [6, 6.07) is 3.87. The zero-order valence-electron chi connectivity index (χ0n) is 19.6. The Labute approximate surface area is 210 Å². The number of carbonyl (C=O) groups is 1. The fourth-order valence-corrected chi connectivity index (χ4v) is 5.87. The van der Waals surface area contributed by atoms with E-state index in [1.807, 2.05) is 26.0 Å². The first-order chi connectivity index (χ1) is 16.8. The lowest BCUT2D eigenvalue weighted by Gasteiger charge is -2.27. The summed E-state index contributed by atoms with van der Waals surface area (Å²) in [5.74, 6) is 0.664. The van der Waals surface area contributed by atoms with Crippen LogP contribution in [0.3, 0.4) is 0 Å². The maximum atomic E-state index is 12.9. The van der Waals surface area contributed by atoms with Crippen LogP contribution in [0.5, 0.6) is 11.8 Å². The van der Waals surface area contributed by atoms with E-state index < -0.39 is 0 Å². The number of aromatic nitrogens is 4. The number of nitrogens with one attached hydrogen (secondary N) is 2. The van der Waals surface area contributed by atoms with Gasteiger partial charge in [0.2, 0.25) is 17.0 Å². The number of anilines is 1. The maximum absolute atomic E-state index is 12.9. The molecule has 35 heavy (non-hydrogen) atoms. The summed E-state index contributed by atoms with van der Waals surface area (Å²) in [4.78, 5) is 34.0. The van der Waals surface area contributed by atoms with Crippen molar-refractivity contribution >= 4 is 55.7 Å². The van der Waals surface area contributed by atoms with Crippen molar-refractivity contribution < 1.29 is 9.53 Å². The number of nitrogens with zero attached hydrogens (tertiary/aromatic N) is 5. The summed E-state index contributed by atoms with van der Waals surface area (Å²) in [6.45, 7) is 9.29. The van der Waals surface area contributed by atoms with Crippen molar-refractivity contribution in [3.05, 3.63) is 39.7 Å². The lowest BCUT2D eigenvalue weighted by molar-refractivity contribution is 0.0926. The first kappa shape index (κ1) is 22.4. The van der Waals surface area contributed by atoms with Gasteiger partial charge in [0.1, 0.15) is 4.88 Å². The van der Waals surface area contributed by atoms with E-state index in [1.165, 1.54) is 11.3 Å². The van der Waals surface area contributed by atoms with Crippen molar-refractivity contribution in [3.63, 3.8) is 0 Å². The van der Waals surface area contributed by atoms with Gasteiger partial charge in [-0.2, -0.15) is 4.98 Å². The summed E-state index contributed by atoms with van der Waals surface area (Å²) in [6.07, 6.45) is 2.39. The number of rotatable bonds is 3. The third kappa shape index (κ3) is 3.95. The number of benzene rings is 1. The Morgan fingerprint density at radius 3 is 2.94 bits per heavy atom. The van der Waals surface area contributed by atoms with Gasteiger partial charge in [0.05, 0.1) is 39.7 Å². The number of carbonyl (C=O) groups excluding carboxylic acids is 1. The minimum atomic E-state index is -0.356. The van der Waals surface area contributed by atoms with Crippen molar-refractivity contribution in [2.75, 3.05) is 25.0 Å². The van der Waals surface area contributed by atoms with Crippen LogP contribution in [0, 0.1) is 0 Å². The fraction of sp³-hybridized carbons (Fsp3) is 0.375. The van der Waals surface area contributed by atoms with E-state index in [9.17, 15) is 4.79 Å². The van der Waals surface area contributed by atoms with E-state index in [2.05, 4.69) is 32.4 Å². The van der Waals surface area contributed by atoms with E-state index in [-0.39, 0.29) is 16.7 Å². The topological polar surface area (TPSA) is 105 Å². The van der Waals surface area contributed by atoms with Gasteiger partial charge in [0.25, 0.3) is 5.91 Å². The van der Waals surface area contributed by atoms with Gasteiger partial charge < -0.3 is 15.4 Å². The maximum Gasteiger partial charge on any atom is 0.263 e. The summed E-state index contributed by atoms with van der Waals surface area (Å²) in [7, 11) is 0. The number of hydrogen-bond donors (Lipinski definition) is 2. The molecule has 0 saturated heterocycles. The minimum absolute atomic E-state index is 0.0798. The van der Waals surface area contributed by atoms with Crippen LogP contribution in [0.2, 0.25) is 5.28 Å². The smallest absolute Gasteiger partial charge is 0.263 e. The predicted octanol–water partition coefficient (Wildman–Crippen LogP) is 4.39. The molecule has 6 rings (SSSR count). The van der Waals surface area contributed by atoms with Crippen LogP contribution in [0.1, 0.15) is 41.7 Å². The molecule has 2 aliphatic heterocycles. The molecule has 9 nitrogen and oxygen atoms in total. The molecule has 180 valence electrons. The van der Waals surface area contributed by atoms with Crippen LogP contribution in [0.25, 0.3) is 21.1 Å². The third-order valence-corrected chi connectivity index (χ3v) is 7.75. The molecule has 11 heteroatoms. The van der Waals surface area contributed by atoms with Gasteiger partial charge in [0, 0.05) is 36.1 Å². The summed E-state index contributed by atoms with van der Waals surface area (Å²) >= 11 is 7.64. The molecule has 2 aliphatic rings.